The third-order valence-electron chi connectivity index (χ3n) is 9.35. The van der Waals surface area contributed by atoms with E-state index in [1.54, 1.807) is 41.7 Å². The summed E-state index contributed by atoms with van der Waals surface area (Å²) in [5, 5.41) is 23.9. The molecule has 7 atom stereocenters. The molecule has 4 aliphatic rings. The number of hydrogen-bond donors (Lipinski definition) is 3. The maximum atomic E-state index is 14.0. The number of methoxy groups -OCH3 is 1. The van der Waals surface area contributed by atoms with E-state index in [2.05, 4.69) is 5.32 Å². The van der Waals surface area contributed by atoms with Crippen LogP contribution < -0.4 is 14.8 Å². The molecule has 1 aliphatic heterocycles. The Kier molecular flexibility index (Phi) is 7.61. The second-order valence-corrected chi connectivity index (χ2v) is 11.7. The molecule has 6 rings (SSSR count). The van der Waals surface area contributed by atoms with E-state index in [1.165, 1.54) is 20.0 Å². The number of nitrogens with one attached hydrogen (secondary N) is 1. The van der Waals surface area contributed by atoms with Crippen LogP contribution in [0.5, 0.6) is 11.5 Å². The van der Waals surface area contributed by atoms with Crippen molar-refractivity contribution >= 4 is 18.1 Å². The molecule has 2 aromatic rings. The first kappa shape index (κ1) is 27.5. The summed E-state index contributed by atoms with van der Waals surface area (Å²) in [7, 11) is 1.46. The fourth-order valence-electron chi connectivity index (χ4n) is 7.47. The van der Waals surface area contributed by atoms with Gasteiger partial charge < -0.3 is 34.3 Å². The molecule has 218 valence electrons. The number of carbonyl (C=O) groups is 3. The van der Waals surface area contributed by atoms with Crippen molar-refractivity contribution in [1.82, 2.24) is 10.2 Å². The van der Waals surface area contributed by atoms with Crippen LogP contribution in [0.3, 0.4) is 0 Å². The van der Waals surface area contributed by atoms with E-state index in [9.17, 15) is 24.6 Å². The fraction of sp³-hybridized carbons (Fsp3) is 0.516. The van der Waals surface area contributed by atoms with E-state index >= 15 is 0 Å². The summed E-state index contributed by atoms with van der Waals surface area (Å²) in [5.41, 5.74) is 1.97. The molecule has 3 aliphatic carbocycles. The number of ether oxygens (including phenoxy) is 2. The zero-order valence-electron chi connectivity index (χ0n) is 23.0. The van der Waals surface area contributed by atoms with Crippen LogP contribution in [0.4, 0.5) is 0 Å². The highest BCUT2D eigenvalue weighted by atomic mass is 16.5. The summed E-state index contributed by atoms with van der Waals surface area (Å²) in [5.74, 6) is 0.998. The highest BCUT2D eigenvalue weighted by molar-refractivity contribution is 5.96. The molecule has 0 radical (unpaired) electrons. The van der Waals surface area contributed by atoms with Crippen molar-refractivity contribution < 1.29 is 38.5 Å². The van der Waals surface area contributed by atoms with Crippen LogP contribution in [0.25, 0.3) is 0 Å². The van der Waals surface area contributed by atoms with Crippen molar-refractivity contribution in [3.8, 4) is 11.5 Å². The van der Waals surface area contributed by atoms with Crippen molar-refractivity contribution in [3.05, 3.63) is 59.1 Å². The van der Waals surface area contributed by atoms with E-state index in [-0.39, 0.29) is 25.6 Å². The lowest BCUT2D eigenvalue weighted by Gasteiger charge is -2.41. The van der Waals surface area contributed by atoms with E-state index < -0.39 is 30.1 Å². The number of benzene rings is 1. The Bertz CT molecular complexity index is 1340. The first-order chi connectivity index (χ1) is 19.9. The van der Waals surface area contributed by atoms with Crippen LogP contribution in [0, 0.1) is 17.8 Å². The van der Waals surface area contributed by atoms with Gasteiger partial charge in [-0.1, -0.05) is 6.42 Å². The van der Waals surface area contributed by atoms with Gasteiger partial charge in [-0.15, -0.1) is 0 Å². The van der Waals surface area contributed by atoms with Crippen molar-refractivity contribution in [1.29, 1.82) is 0 Å². The highest BCUT2D eigenvalue weighted by Gasteiger charge is 2.52. The SMILES string of the molecule is COc1cc(C=O)cc2c1O[C@@H]1[C@@H](O)[C@H](N(Cc3ccoc3)C(=O)CC3CC4CCC3C4)C=C(C(=O)NCCO)[C@H]21. The molecular weight excluding hydrogens is 528 g/mol. The number of aliphatic hydroxyl groups excluding tert-OH is 2. The number of furan rings is 1. The van der Waals surface area contributed by atoms with Gasteiger partial charge >= 0.3 is 0 Å². The third kappa shape index (κ3) is 5.04. The van der Waals surface area contributed by atoms with Gasteiger partial charge in [-0.3, -0.25) is 14.4 Å². The minimum Gasteiger partial charge on any atom is -0.493 e. The number of carbonyl (C=O) groups excluding carboxylic acids is 3. The lowest BCUT2D eigenvalue weighted by Crippen LogP contribution is -2.55. The van der Waals surface area contributed by atoms with Gasteiger partial charge in [0.25, 0.3) is 0 Å². The van der Waals surface area contributed by atoms with Crippen LogP contribution in [0.15, 0.2) is 46.8 Å². The Morgan fingerprint density at radius 1 is 1.24 bits per heavy atom. The predicted octanol–water partition coefficient (Wildman–Crippen LogP) is 2.58. The molecule has 2 heterocycles. The third-order valence-corrected chi connectivity index (χ3v) is 9.35. The van der Waals surface area contributed by atoms with Crippen LogP contribution in [0.2, 0.25) is 0 Å². The van der Waals surface area contributed by atoms with E-state index in [1.807, 2.05) is 0 Å². The van der Waals surface area contributed by atoms with E-state index in [0.29, 0.717) is 58.7 Å². The van der Waals surface area contributed by atoms with Crippen LogP contribution in [-0.4, -0.2) is 71.7 Å². The first-order valence-corrected chi connectivity index (χ1v) is 14.3. The molecule has 2 saturated carbocycles. The number of aldehydes is 1. The topological polar surface area (TPSA) is 139 Å². The summed E-state index contributed by atoms with van der Waals surface area (Å²) in [6.07, 6.45) is 8.37. The molecule has 3 unspecified atom stereocenters. The molecule has 10 heteroatoms. The quantitative estimate of drug-likeness (QED) is 0.375. The normalized spacial score (nSPS) is 29.2. The second-order valence-electron chi connectivity index (χ2n) is 11.7. The van der Waals surface area contributed by atoms with Crippen LogP contribution in [0.1, 0.15) is 59.5 Å². The van der Waals surface area contributed by atoms with Crippen LogP contribution in [-0.2, 0) is 16.1 Å². The Morgan fingerprint density at radius 2 is 2.10 bits per heavy atom. The Balaban J connectivity index is 1.39. The number of hydrogen-bond acceptors (Lipinski definition) is 8. The molecule has 0 saturated heterocycles. The smallest absolute Gasteiger partial charge is 0.247 e. The summed E-state index contributed by atoms with van der Waals surface area (Å²) in [6, 6.07) is 4.10. The van der Waals surface area contributed by atoms with Crippen molar-refractivity contribution in [2.75, 3.05) is 20.3 Å². The number of fused-ring (bicyclic) bond motifs is 5. The molecule has 10 nitrogen and oxygen atoms in total. The minimum absolute atomic E-state index is 0.0358. The summed E-state index contributed by atoms with van der Waals surface area (Å²) >= 11 is 0. The van der Waals surface area contributed by atoms with Crippen molar-refractivity contribution in [3.63, 3.8) is 0 Å². The molecule has 3 N–H and O–H groups in total. The molecule has 2 bridgehead atoms. The number of rotatable bonds is 10. The maximum Gasteiger partial charge on any atom is 0.247 e. The van der Waals surface area contributed by atoms with Gasteiger partial charge in [0.1, 0.15) is 18.5 Å². The van der Waals surface area contributed by atoms with Gasteiger partial charge in [0.15, 0.2) is 11.5 Å². The number of amides is 2. The van der Waals surface area contributed by atoms with E-state index in [0.717, 1.165) is 18.4 Å². The summed E-state index contributed by atoms with van der Waals surface area (Å²) in [6.45, 7) is -0.0129. The van der Waals surface area contributed by atoms with Crippen molar-refractivity contribution in [2.24, 2.45) is 17.8 Å². The Morgan fingerprint density at radius 3 is 2.76 bits per heavy atom. The molecule has 41 heavy (non-hydrogen) atoms. The Hall–Kier alpha value is -3.63. The number of nitrogens with zero attached hydrogens (tertiary/aromatic N) is 1. The predicted molar refractivity (Wildman–Crippen MR) is 146 cm³/mol. The summed E-state index contributed by atoms with van der Waals surface area (Å²) < 4.78 is 17.0. The zero-order chi connectivity index (χ0) is 28.7. The van der Waals surface area contributed by atoms with Gasteiger partial charge in [0.05, 0.1) is 38.2 Å². The largest absolute Gasteiger partial charge is 0.493 e. The molecule has 1 aromatic carbocycles. The van der Waals surface area contributed by atoms with Crippen molar-refractivity contribution in [2.45, 2.75) is 62.8 Å². The molecule has 1 aromatic heterocycles. The lowest BCUT2D eigenvalue weighted by molar-refractivity contribution is -0.139. The molecule has 0 spiro atoms. The Labute approximate surface area is 238 Å². The monoisotopic (exact) mass is 564 g/mol. The standard InChI is InChI=1S/C31H36N2O8/c1-39-25-11-19(15-35)10-22-27-23(31(38)32-5-6-34)13-24(28(37)30(27)41-29(22)25)33(14-18-4-7-40-16-18)26(36)12-21-9-17-2-3-20(21)8-17/h4,7,10-11,13,15-17,20-21,24,27-28,30,34,37H,2-3,5-6,8-9,12,14H2,1H3,(H,32,38)/t17?,20?,21?,24-,27+,28+,30+/m1/s1. The van der Waals surface area contributed by atoms with Gasteiger partial charge in [-0.2, -0.15) is 0 Å². The van der Waals surface area contributed by atoms with Gasteiger partial charge in [0.2, 0.25) is 11.8 Å². The van der Waals surface area contributed by atoms with Gasteiger partial charge in [-0.05, 0) is 61.3 Å². The first-order valence-electron chi connectivity index (χ1n) is 14.3. The molecule has 2 fully saturated rings. The zero-order valence-corrected chi connectivity index (χ0v) is 23.0. The summed E-state index contributed by atoms with van der Waals surface area (Å²) in [4.78, 5) is 40.8. The average molecular weight is 565 g/mol. The average Bonchev–Trinajstić information content (AvgIpc) is 3.79. The number of aliphatic hydroxyl groups is 2. The minimum atomic E-state index is -1.18. The van der Waals surface area contributed by atoms with Gasteiger partial charge in [-0.25, -0.2) is 0 Å². The van der Waals surface area contributed by atoms with Gasteiger partial charge in [0, 0.05) is 41.8 Å². The van der Waals surface area contributed by atoms with E-state index in [4.69, 9.17) is 13.9 Å². The maximum absolute atomic E-state index is 14.0. The second kappa shape index (κ2) is 11.3. The van der Waals surface area contributed by atoms with Crippen LogP contribution >= 0.6 is 0 Å². The molecular formula is C31H36N2O8. The fourth-order valence-corrected chi connectivity index (χ4v) is 7.47. The highest BCUT2D eigenvalue weighted by Crippen LogP contribution is 2.52. The lowest BCUT2D eigenvalue weighted by atomic mass is 9.77. The molecule has 2 amide bonds.